The summed E-state index contributed by atoms with van der Waals surface area (Å²) in [6.45, 7) is 0. The highest BCUT2D eigenvalue weighted by atomic mass is 79.9. The zero-order chi connectivity index (χ0) is 15.6. The lowest BCUT2D eigenvalue weighted by atomic mass is 9.99. The molecule has 0 aliphatic rings. The van der Waals surface area contributed by atoms with Gasteiger partial charge in [0, 0.05) is 14.5 Å². The van der Waals surface area contributed by atoms with Gasteiger partial charge in [-0.25, -0.2) is 0 Å². The van der Waals surface area contributed by atoms with Crippen LogP contribution in [0.2, 0.25) is 0 Å². The minimum atomic E-state index is -4.76. The first-order chi connectivity index (χ1) is 9.78. The van der Waals surface area contributed by atoms with Crippen LogP contribution in [-0.4, -0.2) is 6.36 Å². The predicted molar refractivity (Wildman–Crippen MR) is 81.0 cm³/mol. The Morgan fingerprint density at radius 3 is 2.29 bits per heavy atom. The molecule has 2 nitrogen and oxygen atoms in total. The zero-order valence-electron chi connectivity index (χ0n) is 10.5. The lowest BCUT2D eigenvalue weighted by molar-refractivity contribution is -0.274. The van der Waals surface area contributed by atoms with E-state index in [4.69, 9.17) is 5.73 Å². The molecule has 0 aromatic heterocycles. The van der Waals surface area contributed by atoms with E-state index in [1.54, 1.807) is 24.3 Å². The van der Waals surface area contributed by atoms with Gasteiger partial charge in [0.05, 0.1) is 6.04 Å². The Morgan fingerprint density at radius 1 is 1.00 bits per heavy atom. The van der Waals surface area contributed by atoms with Crippen molar-refractivity contribution in [3.8, 4) is 5.75 Å². The summed E-state index contributed by atoms with van der Waals surface area (Å²) in [5.74, 6) is -0.299. The minimum absolute atomic E-state index is 0.262. The van der Waals surface area contributed by atoms with Gasteiger partial charge >= 0.3 is 6.36 Å². The first-order valence-corrected chi connectivity index (χ1v) is 7.42. The fourth-order valence-electron chi connectivity index (χ4n) is 1.88. The summed E-state index contributed by atoms with van der Waals surface area (Å²) in [7, 11) is 0. The second-order valence-electron chi connectivity index (χ2n) is 4.23. The molecule has 0 fully saturated rings. The van der Waals surface area contributed by atoms with Crippen molar-refractivity contribution in [2.45, 2.75) is 12.4 Å². The number of halogens is 5. The molecule has 0 aliphatic heterocycles. The Labute approximate surface area is 136 Å². The van der Waals surface area contributed by atoms with E-state index in [2.05, 4.69) is 36.6 Å². The molecule has 7 heteroatoms. The summed E-state index contributed by atoms with van der Waals surface area (Å²) < 4.78 is 42.9. The Kier molecular flexibility index (Phi) is 4.95. The van der Waals surface area contributed by atoms with Crippen LogP contribution in [0.15, 0.2) is 51.4 Å². The van der Waals surface area contributed by atoms with E-state index in [0.717, 1.165) is 4.47 Å². The molecule has 0 saturated heterocycles. The summed E-state index contributed by atoms with van der Waals surface area (Å²) in [6.07, 6.45) is -4.76. The van der Waals surface area contributed by atoms with Crippen LogP contribution in [0.25, 0.3) is 0 Å². The summed E-state index contributed by atoms with van der Waals surface area (Å²) >= 11 is 6.67. The third-order valence-corrected chi connectivity index (χ3v) is 3.96. The maximum absolute atomic E-state index is 12.4. The molecule has 2 rings (SSSR count). The zero-order valence-corrected chi connectivity index (χ0v) is 13.7. The number of ether oxygens (including phenoxy) is 1. The fraction of sp³-hybridized carbons (Fsp3) is 0.143. The van der Waals surface area contributed by atoms with E-state index >= 15 is 0 Å². The lowest BCUT2D eigenvalue weighted by Crippen LogP contribution is -2.20. The number of hydrogen-bond donors (Lipinski definition) is 1. The summed E-state index contributed by atoms with van der Waals surface area (Å²) in [5.41, 5.74) is 7.02. The second kappa shape index (κ2) is 6.37. The minimum Gasteiger partial charge on any atom is -0.405 e. The lowest BCUT2D eigenvalue weighted by Gasteiger charge is -2.19. The molecule has 0 saturated carbocycles. The Balaban J connectivity index is 2.41. The molecule has 2 N–H and O–H groups in total. The number of hydrogen-bond acceptors (Lipinski definition) is 2. The number of nitrogens with two attached hydrogens (primary N) is 1. The molecule has 2 aromatic carbocycles. The highest BCUT2D eigenvalue weighted by molar-refractivity contribution is 9.11. The van der Waals surface area contributed by atoms with Crippen molar-refractivity contribution in [2.24, 2.45) is 5.73 Å². The monoisotopic (exact) mass is 423 g/mol. The highest BCUT2D eigenvalue weighted by Crippen LogP contribution is 2.35. The van der Waals surface area contributed by atoms with E-state index in [1.165, 1.54) is 18.2 Å². The number of alkyl halides is 3. The Bertz CT molecular complexity index is 646. The predicted octanol–water partition coefficient (Wildman–Crippen LogP) is 5.16. The van der Waals surface area contributed by atoms with Gasteiger partial charge in [-0.15, -0.1) is 13.2 Å². The van der Waals surface area contributed by atoms with Gasteiger partial charge < -0.3 is 10.5 Å². The summed E-state index contributed by atoms with van der Waals surface area (Å²) in [5, 5.41) is 0. The van der Waals surface area contributed by atoms with Crippen molar-refractivity contribution < 1.29 is 17.9 Å². The highest BCUT2D eigenvalue weighted by Gasteiger charge is 2.32. The average Bonchev–Trinajstić information content (AvgIpc) is 2.36. The molecule has 0 aliphatic carbocycles. The second-order valence-corrected chi connectivity index (χ2v) is 6.00. The van der Waals surface area contributed by atoms with E-state index in [0.29, 0.717) is 10.0 Å². The van der Waals surface area contributed by atoms with Gasteiger partial charge in [0.2, 0.25) is 0 Å². The van der Waals surface area contributed by atoms with Gasteiger partial charge in [-0.05, 0) is 23.8 Å². The summed E-state index contributed by atoms with van der Waals surface area (Å²) in [4.78, 5) is 0. The van der Waals surface area contributed by atoms with Crippen molar-refractivity contribution >= 4 is 31.9 Å². The van der Waals surface area contributed by atoms with Crippen LogP contribution in [0.3, 0.4) is 0 Å². The summed E-state index contributed by atoms with van der Waals surface area (Å²) in [6, 6.07) is 10.4. The number of rotatable bonds is 3. The van der Waals surface area contributed by atoms with Crippen LogP contribution >= 0.6 is 31.9 Å². The van der Waals surface area contributed by atoms with Gasteiger partial charge in [-0.3, -0.25) is 0 Å². The molecule has 0 radical (unpaired) electrons. The molecule has 1 atom stereocenters. The van der Waals surface area contributed by atoms with Crippen LogP contribution in [-0.2, 0) is 0 Å². The SMILES string of the molecule is NC(c1ccc(Br)cc1Br)c1ccccc1OC(F)(F)F. The van der Waals surface area contributed by atoms with E-state index in [-0.39, 0.29) is 11.3 Å². The molecular weight excluding hydrogens is 415 g/mol. The van der Waals surface area contributed by atoms with Gasteiger partial charge in [-0.1, -0.05) is 56.1 Å². The van der Waals surface area contributed by atoms with Crippen molar-refractivity contribution in [2.75, 3.05) is 0 Å². The molecule has 112 valence electrons. The molecule has 21 heavy (non-hydrogen) atoms. The molecule has 0 amide bonds. The van der Waals surface area contributed by atoms with Crippen LogP contribution < -0.4 is 10.5 Å². The molecule has 1 unspecified atom stereocenters. The van der Waals surface area contributed by atoms with Crippen molar-refractivity contribution in [1.29, 1.82) is 0 Å². The Morgan fingerprint density at radius 2 is 1.67 bits per heavy atom. The third kappa shape index (κ3) is 4.21. The fourth-order valence-corrected chi connectivity index (χ4v) is 3.17. The molecule has 2 aromatic rings. The maximum Gasteiger partial charge on any atom is 0.573 e. The van der Waals surface area contributed by atoms with Crippen LogP contribution in [0.1, 0.15) is 17.2 Å². The molecule has 0 spiro atoms. The van der Waals surface area contributed by atoms with Crippen LogP contribution in [0.5, 0.6) is 5.75 Å². The van der Waals surface area contributed by atoms with E-state index in [9.17, 15) is 13.2 Å². The molecular formula is C14H10Br2F3NO. The smallest absolute Gasteiger partial charge is 0.405 e. The van der Waals surface area contributed by atoms with Crippen LogP contribution in [0.4, 0.5) is 13.2 Å². The molecule has 0 bridgehead atoms. The Hall–Kier alpha value is -1.05. The quantitative estimate of drug-likeness (QED) is 0.738. The van der Waals surface area contributed by atoms with Gasteiger partial charge in [0.15, 0.2) is 0 Å². The number of para-hydroxylation sites is 1. The first-order valence-electron chi connectivity index (χ1n) is 5.83. The van der Waals surface area contributed by atoms with Gasteiger partial charge in [-0.2, -0.15) is 0 Å². The van der Waals surface area contributed by atoms with Gasteiger partial charge in [0.25, 0.3) is 0 Å². The average molecular weight is 425 g/mol. The van der Waals surface area contributed by atoms with E-state index < -0.39 is 12.4 Å². The van der Waals surface area contributed by atoms with Gasteiger partial charge in [0.1, 0.15) is 5.75 Å². The molecule has 0 heterocycles. The third-order valence-electron chi connectivity index (χ3n) is 2.78. The number of benzene rings is 2. The van der Waals surface area contributed by atoms with E-state index in [1.807, 2.05) is 0 Å². The normalized spacial score (nSPS) is 13.0. The van der Waals surface area contributed by atoms with Crippen molar-refractivity contribution in [1.82, 2.24) is 0 Å². The first kappa shape index (κ1) is 16.3. The standard InChI is InChI=1S/C14H10Br2F3NO/c15-8-5-6-9(11(16)7-8)13(20)10-3-1-2-4-12(10)21-14(17,18)19/h1-7,13H,20H2. The van der Waals surface area contributed by atoms with Crippen LogP contribution in [0, 0.1) is 0 Å². The topological polar surface area (TPSA) is 35.2 Å². The van der Waals surface area contributed by atoms with Crippen molar-refractivity contribution in [3.05, 3.63) is 62.5 Å². The largest absolute Gasteiger partial charge is 0.573 e. The maximum atomic E-state index is 12.4. The van der Waals surface area contributed by atoms with Crippen molar-refractivity contribution in [3.63, 3.8) is 0 Å².